The molecular formula is C25H25NO. The summed E-state index contributed by atoms with van der Waals surface area (Å²) in [5, 5.41) is 21.7. The SMILES string of the molecule is CC1(C)NC(C)(C)C(c2ccc3ccc4cccc5ccc2c3c45)=C1CO. The first-order valence-electron chi connectivity index (χ1n) is 9.65. The van der Waals surface area contributed by atoms with Gasteiger partial charge in [0.2, 0.25) is 0 Å². The van der Waals surface area contributed by atoms with Crippen molar-refractivity contribution in [2.45, 2.75) is 38.8 Å². The van der Waals surface area contributed by atoms with Gasteiger partial charge >= 0.3 is 0 Å². The lowest BCUT2D eigenvalue weighted by atomic mass is 9.82. The van der Waals surface area contributed by atoms with E-state index >= 15 is 0 Å². The van der Waals surface area contributed by atoms with E-state index in [0.29, 0.717) is 0 Å². The van der Waals surface area contributed by atoms with Crippen molar-refractivity contribution in [2.24, 2.45) is 0 Å². The fourth-order valence-corrected chi connectivity index (χ4v) is 5.34. The predicted molar refractivity (Wildman–Crippen MR) is 115 cm³/mol. The smallest absolute Gasteiger partial charge is 0.0666 e. The Bertz CT molecular complexity index is 1210. The predicted octanol–water partition coefficient (Wildman–Crippen LogP) is 5.49. The fourth-order valence-electron chi connectivity index (χ4n) is 5.34. The third-order valence-corrected chi connectivity index (χ3v) is 6.26. The zero-order valence-corrected chi connectivity index (χ0v) is 16.4. The summed E-state index contributed by atoms with van der Waals surface area (Å²) < 4.78 is 0. The molecule has 0 fully saturated rings. The summed E-state index contributed by atoms with van der Waals surface area (Å²) in [7, 11) is 0. The van der Waals surface area contributed by atoms with Gasteiger partial charge < -0.3 is 5.11 Å². The molecule has 2 heteroatoms. The van der Waals surface area contributed by atoms with Gasteiger partial charge in [-0.15, -0.1) is 0 Å². The molecule has 0 saturated heterocycles. The summed E-state index contributed by atoms with van der Waals surface area (Å²) in [5.74, 6) is 0. The van der Waals surface area contributed by atoms with Crippen molar-refractivity contribution in [2.75, 3.05) is 6.61 Å². The topological polar surface area (TPSA) is 32.3 Å². The average Bonchev–Trinajstić information content (AvgIpc) is 2.82. The van der Waals surface area contributed by atoms with Crippen LogP contribution in [0.1, 0.15) is 33.3 Å². The molecule has 0 unspecified atom stereocenters. The third-order valence-electron chi connectivity index (χ3n) is 6.26. The first-order valence-corrected chi connectivity index (χ1v) is 9.65. The lowest BCUT2D eigenvalue weighted by Gasteiger charge is -2.29. The van der Waals surface area contributed by atoms with Gasteiger partial charge in [0.05, 0.1) is 6.61 Å². The summed E-state index contributed by atoms with van der Waals surface area (Å²) in [5.41, 5.74) is 3.12. The summed E-state index contributed by atoms with van der Waals surface area (Å²) >= 11 is 0. The molecular weight excluding hydrogens is 330 g/mol. The number of benzene rings is 4. The number of nitrogens with one attached hydrogen (secondary N) is 1. The molecule has 5 rings (SSSR count). The van der Waals surface area contributed by atoms with E-state index < -0.39 is 0 Å². The van der Waals surface area contributed by atoms with Crippen LogP contribution in [0.25, 0.3) is 37.9 Å². The Morgan fingerprint density at radius 1 is 0.741 bits per heavy atom. The standard InChI is InChI=1S/C25H25NO/c1-24(2)20(14-27)23(25(3,4)26-24)19-13-11-17-9-8-15-6-5-7-16-10-12-18(19)22(17)21(15)16/h5-13,26-27H,14H2,1-4H3. The van der Waals surface area contributed by atoms with Crippen LogP contribution in [0.3, 0.4) is 0 Å². The van der Waals surface area contributed by atoms with E-state index in [1.165, 1.54) is 43.5 Å². The molecule has 0 radical (unpaired) electrons. The van der Waals surface area contributed by atoms with E-state index in [1.54, 1.807) is 0 Å². The van der Waals surface area contributed by atoms with Crippen molar-refractivity contribution in [3.05, 3.63) is 65.7 Å². The van der Waals surface area contributed by atoms with Gasteiger partial charge in [-0.05, 0) is 76.7 Å². The third kappa shape index (κ3) is 2.20. The van der Waals surface area contributed by atoms with Gasteiger partial charge in [0, 0.05) is 11.1 Å². The molecule has 0 amide bonds. The molecule has 136 valence electrons. The molecule has 0 spiro atoms. The number of aliphatic hydroxyl groups excluding tert-OH is 1. The maximum absolute atomic E-state index is 10.2. The molecule has 4 aromatic carbocycles. The van der Waals surface area contributed by atoms with E-state index in [0.717, 1.165) is 5.57 Å². The van der Waals surface area contributed by atoms with Crippen LogP contribution in [0, 0.1) is 0 Å². The van der Waals surface area contributed by atoms with Crippen LogP contribution in [0.4, 0.5) is 0 Å². The zero-order valence-electron chi connectivity index (χ0n) is 16.4. The highest BCUT2D eigenvalue weighted by molar-refractivity contribution is 6.24. The molecule has 2 nitrogen and oxygen atoms in total. The van der Waals surface area contributed by atoms with E-state index in [-0.39, 0.29) is 17.7 Å². The second-order valence-electron chi connectivity index (χ2n) is 8.86. The van der Waals surface area contributed by atoms with Gasteiger partial charge in [-0.2, -0.15) is 0 Å². The Balaban J connectivity index is 1.95. The van der Waals surface area contributed by atoms with Crippen LogP contribution < -0.4 is 5.32 Å². The Kier molecular flexibility index (Phi) is 3.29. The minimum atomic E-state index is -0.225. The molecule has 0 bridgehead atoms. The largest absolute Gasteiger partial charge is 0.392 e. The van der Waals surface area contributed by atoms with Gasteiger partial charge in [0.15, 0.2) is 0 Å². The van der Waals surface area contributed by atoms with Crippen molar-refractivity contribution < 1.29 is 5.11 Å². The van der Waals surface area contributed by atoms with Crippen molar-refractivity contribution in [3.63, 3.8) is 0 Å². The zero-order chi connectivity index (χ0) is 19.0. The number of hydrogen-bond donors (Lipinski definition) is 2. The molecule has 0 aromatic heterocycles. The molecule has 2 N–H and O–H groups in total. The Morgan fingerprint density at radius 3 is 2.00 bits per heavy atom. The monoisotopic (exact) mass is 355 g/mol. The van der Waals surface area contributed by atoms with E-state index in [9.17, 15) is 5.11 Å². The molecule has 0 atom stereocenters. The maximum Gasteiger partial charge on any atom is 0.0666 e. The number of aliphatic hydroxyl groups is 1. The van der Waals surface area contributed by atoms with Gasteiger partial charge in [0.25, 0.3) is 0 Å². The second-order valence-corrected chi connectivity index (χ2v) is 8.86. The maximum atomic E-state index is 10.2. The first-order chi connectivity index (χ1) is 12.8. The van der Waals surface area contributed by atoms with Crippen LogP contribution in [-0.2, 0) is 0 Å². The van der Waals surface area contributed by atoms with Crippen molar-refractivity contribution in [1.29, 1.82) is 0 Å². The van der Waals surface area contributed by atoms with Crippen LogP contribution in [0.15, 0.2) is 60.2 Å². The molecule has 1 aliphatic heterocycles. The van der Waals surface area contributed by atoms with Gasteiger partial charge in [-0.25, -0.2) is 0 Å². The molecule has 0 aliphatic carbocycles. The second kappa shape index (κ2) is 5.31. The molecule has 1 heterocycles. The quantitative estimate of drug-likeness (QED) is 0.466. The molecule has 4 aromatic rings. The highest BCUT2D eigenvalue weighted by atomic mass is 16.3. The molecule has 0 saturated carbocycles. The van der Waals surface area contributed by atoms with Gasteiger partial charge in [-0.1, -0.05) is 54.6 Å². The van der Waals surface area contributed by atoms with Gasteiger partial charge in [0.1, 0.15) is 0 Å². The highest BCUT2D eigenvalue weighted by Gasteiger charge is 2.43. The summed E-state index contributed by atoms with van der Waals surface area (Å²) in [4.78, 5) is 0. The van der Waals surface area contributed by atoms with Crippen molar-refractivity contribution >= 4 is 37.9 Å². The molecule has 1 aliphatic rings. The molecule has 27 heavy (non-hydrogen) atoms. The fraction of sp³-hybridized carbons (Fsp3) is 0.280. The van der Waals surface area contributed by atoms with E-state index in [2.05, 4.69) is 87.6 Å². The summed E-state index contributed by atoms with van der Waals surface area (Å²) in [6.45, 7) is 8.81. The number of rotatable bonds is 2. The Labute approximate surface area is 159 Å². The highest BCUT2D eigenvalue weighted by Crippen LogP contribution is 2.46. The Morgan fingerprint density at radius 2 is 1.33 bits per heavy atom. The number of hydrogen-bond acceptors (Lipinski definition) is 2. The van der Waals surface area contributed by atoms with Crippen LogP contribution >= 0.6 is 0 Å². The van der Waals surface area contributed by atoms with Crippen molar-refractivity contribution in [1.82, 2.24) is 5.32 Å². The van der Waals surface area contributed by atoms with E-state index in [4.69, 9.17) is 0 Å². The summed E-state index contributed by atoms with van der Waals surface area (Å²) in [6.07, 6.45) is 0. The summed E-state index contributed by atoms with van der Waals surface area (Å²) in [6, 6.07) is 19.9. The Hall–Kier alpha value is -2.42. The average molecular weight is 355 g/mol. The van der Waals surface area contributed by atoms with Gasteiger partial charge in [-0.3, -0.25) is 5.32 Å². The van der Waals surface area contributed by atoms with Crippen LogP contribution in [0.2, 0.25) is 0 Å². The lowest BCUT2D eigenvalue weighted by Crippen LogP contribution is -2.46. The normalized spacial score (nSPS) is 19.0. The lowest BCUT2D eigenvalue weighted by molar-refractivity contribution is 0.298. The van der Waals surface area contributed by atoms with Crippen LogP contribution in [-0.4, -0.2) is 22.8 Å². The first kappa shape index (κ1) is 16.7. The van der Waals surface area contributed by atoms with Crippen molar-refractivity contribution in [3.8, 4) is 0 Å². The van der Waals surface area contributed by atoms with E-state index in [1.807, 2.05) is 0 Å². The van der Waals surface area contributed by atoms with Crippen LogP contribution in [0.5, 0.6) is 0 Å². The minimum absolute atomic E-state index is 0.0702. The minimum Gasteiger partial charge on any atom is -0.392 e.